The average molecular weight is 250 g/mol. The molecule has 0 aromatic carbocycles. The van der Waals surface area contributed by atoms with Crippen LogP contribution in [0.5, 0.6) is 0 Å². The lowest BCUT2D eigenvalue weighted by Gasteiger charge is -2.39. The van der Waals surface area contributed by atoms with Crippen LogP contribution in [-0.2, 0) is 9.59 Å². The van der Waals surface area contributed by atoms with E-state index < -0.39 is 5.54 Å². The van der Waals surface area contributed by atoms with Crippen LogP contribution in [0.25, 0.3) is 0 Å². The van der Waals surface area contributed by atoms with Crippen LogP contribution in [0.1, 0.15) is 39.5 Å². The molecule has 2 bridgehead atoms. The highest BCUT2D eigenvalue weighted by atomic mass is 16.2. The molecule has 3 unspecified atom stereocenters. The first-order valence-electron chi connectivity index (χ1n) is 7.06. The summed E-state index contributed by atoms with van der Waals surface area (Å²) in [4.78, 5) is 25.7. The van der Waals surface area contributed by atoms with Crippen LogP contribution in [0, 0.1) is 17.8 Å². The lowest BCUT2D eigenvalue weighted by molar-refractivity contribution is -0.149. The minimum atomic E-state index is -0.729. The zero-order valence-electron chi connectivity index (χ0n) is 11.2. The molecule has 18 heavy (non-hydrogen) atoms. The summed E-state index contributed by atoms with van der Waals surface area (Å²) in [5, 5.41) is 2.76. The standard InChI is InChI=1S/C14H22N2O2/c1-14(2)13(18)16(8-12(17)15-14)7-11-6-9-3-4-10(11)5-9/h9-11H,3-8H2,1-2H3,(H,15,17). The van der Waals surface area contributed by atoms with Gasteiger partial charge >= 0.3 is 0 Å². The fourth-order valence-electron chi connectivity index (χ4n) is 4.11. The van der Waals surface area contributed by atoms with Crippen molar-refractivity contribution >= 4 is 11.8 Å². The number of amides is 2. The first kappa shape index (κ1) is 12.0. The molecule has 3 atom stereocenters. The van der Waals surface area contributed by atoms with Gasteiger partial charge in [0.05, 0.1) is 6.54 Å². The second-order valence-electron chi connectivity index (χ2n) is 6.79. The Kier molecular flexibility index (Phi) is 2.65. The highest BCUT2D eigenvalue weighted by Crippen LogP contribution is 2.48. The van der Waals surface area contributed by atoms with E-state index in [4.69, 9.17) is 0 Å². The molecule has 1 N–H and O–H groups in total. The molecule has 1 heterocycles. The Morgan fingerprint density at radius 3 is 2.67 bits per heavy atom. The highest BCUT2D eigenvalue weighted by Gasteiger charge is 2.44. The van der Waals surface area contributed by atoms with Gasteiger partial charge in [-0.25, -0.2) is 0 Å². The quantitative estimate of drug-likeness (QED) is 0.799. The van der Waals surface area contributed by atoms with Gasteiger partial charge in [-0.15, -0.1) is 0 Å². The van der Waals surface area contributed by atoms with E-state index >= 15 is 0 Å². The number of carbonyl (C=O) groups excluding carboxylic acids is 2. The third kappa shape index (κ3) is 1.91. The van der Waals surface area contributed by atoms with Crippen molar-refractivity contribution in [2.45, 2.75) is 45.1 Å². The molecule has 3 fully saturated rings. The Hall–Kier alpha value is -1.06. The van der Waals surface area contributed by atoms with Crippen LogP contribution in [0.4, 0.5) is 0 Å². The van der Waals surface area contributed by atoms with Gasteiger partial charge in [0.2, 0.25) is 11.8 Å². The number of fused-ring (bicyclic) bond motifs is 2. The summed E-state index contributed by atoms with van der Waals surface area (Å²) in [7, 11) is 0. The van der Waals surface area contributed by atoms with Crippen molar-refractivity contribution in [1.82, 2.24) is 10.2 Å². The van der Waals surface area contributed by atoms with Crippen molar-refractivity contribution in [3.63, 3.8) is 0 Å². The second-order valence-corrected chi connectivity index (χ2v) is 6.79. The summed E-state index contributed by atoms with van der Waals surface area (Å²) < 4.78 is 0. The van der Waals surface area contributed by atoms with Crippen molar-refractivity contribution < 1.29 is 9.59 Å². The van der Waals surface area contributed by atoms with E-state index in [9.17, 15) is 9.59 Å². The largest absolute Gasteiger partial charge is 0.341 e. The maximum Gasteiger partial charge on any atom is 0.248 e. The summed E-state index contributed by atoms with van der Waals surface area (Å²) >= 11 is 0. The van der Waals surface area contributed by atoms with E-state index in [1.165, 1.54) is 25.7 Å². The summed E-state index contributed by atoms with van der Waals surface area (Å²) in [6.07, 6.45) is 5.31. The lowest BCUT2D eigenvalue weighted by Crippen LogP contribution is -2.64. The minimum Gasteiger partial charge on any atom is -0.341 e. The van der Waals surface area contributed by atoms with Crippen molar-refractivity contribution in [3.8, 4) is 0 Å². The van der Waals surface area contributed by atoms with E-state index in [1.807, 2.05) is 0 Å². The van der Waals surface area contributed by atoms with Crippen LogP contribution >= 0.6 is 0 Å². The molecule has 1 aliphatic heterocycles. The Morgan fingerprint density at radius 2 is 2.06 bits per heavy atom. The van der Waals surface area contributed by atoms with Crippen molar-refractivity contribution in [1.29, 1.82) is 0 Å². The molecule has 3 rings (SSSR count). The van der Waals surface area contributed by atoms with Gasteiger partial charge in [0.15, 0.2) is 0 Å². The molecule has 2 amide bonds. The molecule has 4 heteroatoms. The smallest absolute Gasteiger partial charge is 0.248 e. The van der Waals surface area contributed by atoms with Crippen molar-refractivity contribution in [2.24, 2.45) is 17.8 Å². The van der Waals surface area contributed by atoms with Crippen molar-refractivity contribution in [3.05, 3.63) is 0 Å². The average Bonchev–Trinajstić information content (AvgIpc) is 2.86. The van der Waals surface area contributed by atoms with Crippen LogP contribution in [-0.4, -0.2) is 35.3 Å². The van der Waals surface area contributed by atoms with E-state index in [-0.39, 0.29) is 18.4 Å². The van der Waals surface area contributed by atoms with Gasteiger partial charge in [-0.3, -0.25) is 9.59 Å². The number of hydrogen-bond donors (Lipinski definition) is 1. The van der Waals surface area contributed by atoms with Gasteiger partial charge in [0, 0.05) is 6.54 Å². The molecule has 4 nitrogen and oxygen atoms in total. The number of nitrogens with zero attached hydrogens (tertiary/aromatic N) is 1. The molecule has 3 aliphatic rings. The van der Waals surface area contributed by atoms with Gasteiger partial charge < -0.3 is 10.2 Å². The third-order valence-corrected chi connectivity index (χ3v) is 4.95. The molecule has 2 aliphatic carbocycles. The number of rotatable bonds is 2. The molecule has 1 saturated heterocycles. The van der Waals surface area contributed by atoms with Gasteiger partial charge in [-0.05, 0) is 50.9 Å². The van der Waals surface area contributed by atoms with Gasteiger partial charge in [0.1, 0.15) is 5.54 Å². The first-order chi connectivity index (χ1) is 8.45. The number of hydrogen-bond acceptors (Lipinski definition) is 2. The molecule has 0 radical (unpaired) electrons. The fraction of sp³-hybridized carbons (Fsp3) is 0.857. The lowest BCUT2D eigenvalue weighted by atomic mass is 9.87. The summed E-state index contributed by atoms with van der Waals surface area (Å²) in [5.41, 5.74) is -0.729. The minimum absolute atomic E-state index is 0.0252. The molecular weight excluding hydrogens is 228 g/mol. The third-order valence-electron chi connectivity index (χ3n) is 4.95. The van der Waals surface area contributed by atoms with E-state index in [0.29, 0.717) is 5.92 Å². The molecule has 2 saturated carbocycles. The highest BCUT2D eigenvalue weighted by molar-refractivity contribution is 5.97. The molecule has 0 aromatic rings. The zero-order chi connectivity index (χ0) is 12.9. The Bertz CT molecular complexity index is 391. The summed E-state index contributed by atoms with van der Waals surface area (Å²) in [6, 6.07) is 0. The number of carbonyl (C=O) groups is 2. The Morgan fingerprint density at radius 1 is 1.28 bits per heavy atom. The normalized spacial score (nSPS) is 38.1. The molecule has 100 valence electrons. The van der Waals surface area contributed by atoms with Crippen LogP contribution < -0.4 is 5.32 Å². The van der Waals surface area contributed by atoms with E-state index in [0.717, 1.165) is 18.4 Å². The topological polar surface area (TPSA) is 49.4 Å². The molecular formula is C14H22N2O2. The Balaban J connectivity index is 1.68. The molecule has 0 spiro atoms. The van der Waals surface area contributed by atoms with Crippen LogP contribution in [0.2, 0.25) is 0 Å². The summed E-state index contributed by atoms with van der Waals surface area (Å²) in [6.45, 7) is 4.62. The second kappa shape index (κ2) is 3.97. The van der Waals surface area contributed by atoms with Gasteiger partial charge in [0.25, 0.3) is 0 Å². The molecule has 0 aromatic heterocycles. The summed E-state index contributed by atoms with van der Waals surface area (Å²) in [5.74, 6) is 2.37. The number of nitrogens with one attached hydrogen (secondary N) is 1. The Labute approximate surface area is 108 Å². The van der Waals surface area contributed by atoms with Gasteiger partial charge in [-0.2, -0.15) is 0 Å². The van der Waals surface area contributed by atoms with E-state index in [1.54, 1.807) is 18.7 Å². The fourth-order valence-corrected chi connectivity index (χ4v) is 4.11. The SMILES string of the molecule is CC1(C)NC(=O)CN(CC2CC3CCC2C3)C1=O. The van der Waals surface area contributed by atoms with Crippen molar-refractivity contribution in [2.75, 3.05) is 13.1 Å². The van der Waals surface area contributed by atoms with Crippen LogP contribution in [0.3, 0.4) is 0 Å². The predicted molar refractivity (Wildman–Crippen MR) is 67.7 cm³/mol. The monoisotopic (exact) mass is 250 g/mol. The van der Waals surface area contributed by atoms with E-state index in [2.05, 4.69) is 5.32 Å². The predicted octanol–water partition coefficient (Wildman–Crippen LogP) is 1.16. The first-order valence-corrected chi connectivity index (χ1v) is 7.06. The number of piperazine rings is 1. The van der Waals surface area contributed by atoms with Gasteiger partial charge in [-0.1, -0.05) is 6.42 Å². The maximum atomic E-state index is 12.3. The zero-order valence-corrected chi connectivity index (χ0v) is 11.2. The maximum absolute atomic E-state index is 12.3. The van der Waals surface area contributed by atoms with Crippen LogP contribution in [0.15, 0.2) is 0 Å².